The van der Waals surface area contributed by atoms with E-state index in [0.29, 0.717) is 0 Å². The first-order chi connectivity index (χ1) is 6.00. The minimum Gasteiger partial charge on any atom is -0.344 e. The Balaban J connectivity index is -0.00000000102. The molecule has 180 valence electrons. The van der Waals surface area contributed by atoms with Crippen LogP contribution in [0.1, 0.15) is 150 Å². The number of hydrogen-bond acceptors (Lipinski definition) is 3. The molecular weight excluding hydrogens is 294 g/mol. The average molecular weight is 376 g/mol. The Morgan fingerprint density at radius 2 is 0.167 bits per heavy atom. The minimum absolute atomic E-state index is 0. The molecule has 0 aliphatic rings. The quantitative estimate of drug-likeness (QED) is 0.391. The highest BCUT2D eigenvalue weighted by molar-refractivity contribution is 3.51. The summed E-state index contributed by atoms with van der Waals surface area (Å²) in [5, 5.41) is 0. The van der Waals surface area contributed by atoms with Crippen LogP contribution in [0.2, 0.25) is 0 Å². The fourth-order valence-corrected chi connectivity index (χ4v) is 0. The van der Waals surface area contributed by atoms with Gasteiger partial charge in [-0.3, -0.25) is 0 Å². The predicted molar refractivity (Wildman–Crippen MR) is 144 cm³/mol. The first-order valence-electron chi connectivity index (χ1n) is 6.00. The smallest absolute Gasteiger partial charge is 0.0683 e. The summed E-state index contributed by atoms with van der Waals surface area (Å²) >= 11 is 0. The van der Waals surface area contributed by atoms with Crippen molar-refractivity contribution in [3.05, 3.63) is 0 Å². The molecular formula is C21H81N3. The van der Waals surface area contributed by atoms with Gasteiger partial charge in [0, 0.05) is 0 Å². The SMILES string of the molecule is C.C.C.C.C.C.C.C.C.CC.CC.CC.CC.CC.CC.N.N.N. The van der Waals surface area contributed by atoms with Crippen LogP contribution < -0.4 is 18.5 Å². The summed E-state index contributed by atoms with van der Waals surface area (Å²) in [6, 6.07) is 0. The lowest BCUT2D eigenvalue weighted by atomic mass is 11.0. The normalized spacial score (nSPS) is 1.50. The standard InChI is InChI=1S/6C2H6.9CH4.3H3N/c6*1-2;;;;;;;;;;;;/h6*1-2H3;9*1H4;3*1H3. The Kier molecular flexibility index (Phi) is 11500000. The van der Waals surface area contributed by atoms with E-state index in [1.165, 1.54) is 0 Å². The van der Waals surface area contributed by atoms with Crippen LogP contribution in [0.4, 0.5) is 0 Å². The third kappa shape index (κ3) is 662000. The van der Waals surface area contributed by atoms with E-state index in [1.54, 1.807) is 0 Å². The van der Waals surface area contributed by atoms with Crippen molar-refractivity contribution in [1.29, 1.82) is 0 Å². The van der Waals surface area contributed by atoms with Gasteiger partial charge in [-0.05, 0) is 0 Å². The van der Waals surface area contributed by atoms with Gasteiger partial charge in [0.2, 0.25) is 0 Å². The monoisotopic (exact) mass is 376 g/mol. The van der Waals surface area contributed by atoms with E-state index in [-0.39, 0.29) is 85.3 Å². The molecule has 0 aromatic heterocycles. The third-order valence-electron chi connectivity index (χ3n) is 0. The van der Waals surface area contributed by atoms with Gasteiger partial charge in [-0.1, -0.05) is 150 Å². The van der Waals surface area contributed by atoms with E-state index >= 15 is 0 Å². The summed E-state index contributed by atoms with van der Waals surface area (Å²) in [4.78, 5) is 0. The summed E-state index contributed by atoms with van der Waals surface area (Å²) < 4.78 is 0. The average Bonchev–Trinajstić information content (AvgIpc) is 2.33. The van der Waals surface area contributed by atoms with Crippen LogP contribution in [0.15, 0.2) is 0 Å². The van der Waals surface area contributed by atoms with Crippen LogP contribution >= 0.6 is 0 Å². The van der Waals surface area contributed by atoms with Crippen molar-refractivity contribution in [1.82, 2.24) is 18.5 Å². The lowest BCUT2D eigenvalue weighted by Crippen LogP contribution is -0.856. The Morgan fingerprint density at radius 1 is 0.167 bits per heavy atom. The molecule has 0 aliphatic carbocycles. The van der Waals surface area contributed by atoms with E-state index in [2.05, 4.69) is 0 Å². The molecule has 0 bridgehead atoms. The van der Waals surface area contributed by atoms with Gasteiger partial charge >= 0.3 is 0 Å². The molecule has 0 fully saturated rings. The molecule has 24 heavy (non-hydrogen) atoms. The molecule has 0 rings (SSSR count). The van der Waals surface area contributed by atoms with E-state index in [1.807, 2.05) is 83.1 Å². The molecule has 3 heteroatoms. The molecule has 0 heterocycles. The van der Waals surface area contributed by atoms with Crippen molar-refractivity contribution < 1.29 is 0 Å². The Bertz CT molecular complexity index is 13.0. The third-order valence-corrected chi connectivity index (χ3v) is 0. The Labute approximate surface area is 169 Å². The molecule has 0 amide bonds. The molecule has 0 spiro atoms. The summed E-state index contributed by atoms with van der Waals surface area (Å²) in [7, 11) is 0. The number of rotatable bonds is 0. The van der Waals surface area contributed by atoms with Gasteiger partial charge in [-0.2, -0.15) is 0 Å². The maximum absolute atomic E-state index is 2.00. The van der Waals surface area contributed by atoms with Crippen LogP contribution in [0.3, 0.4) is 0 Å². The van der Waals surface area contributed by atoms with Crippen LogP contribution in [0.25, 0.3) is 0 Å². The number of hydrogen-bond donors (Lipinski definition) is 3. The summed E-state index contributed by atoms with van der Waals surface area (Å²) in [6.45, 7) is 24.0. The van der Waals surface area contributed by atoms with E-state index in [0.717, 1.165) is 0 Å². The lowest BCUT2D eigenvalue weighted by Gasteiger charge is -1.07. The minimum atomic E-state index is 0. The van der Waals surface area contributed by atoms with Crippen molar-refractivity contribution in [3.63, 3.8) is 0 Å². The molecule has 9 N–H and O–H groups in total. The van der Waals surface area contributed by atoms with Gasteiger partial charge in [0.1, 0.15) is 0 Å². The molecule has 0 aromatic carbocycles. The molecule has 0 saturated heterocycles. The van der Waals surface area contributed by atoms with Gasteiger partial charge in [-0.15, -0.1) is 0 Å². The zero-order valence-corrected chi connectivity index (χ0v) is 14.1. The fourth-order valence-electron chi connectivity index (χ4n) is 0. The molecule has 0 radical (unpaired) electrons. The fraction of sp³-hybridized carbons (Fsp3) is 1.00. The van der Waals surface area contributed by atoms with Gasteiger partial charge in [-0.25, -0.2) is 0 Å². The highest BCUT2D eigenvalue weighted by atomic mass is 14.0. The van der Waals surface area contributed by atoms with Gasteiger partial charge in [0.05, 0.1) is 0 Å². The van der Waals surface area contributed by atoms with Crippen molar-refractivity contribution in [2.24, 2.45) is 0 Å². The van der Waals surface area contributed by atoms with Crippen LogP contribution in [0.5, 0.6) is 0 Å². The molecule has 0 aromatic rings. The highest BCUT2D eigenvalue weighted by Crippen LogP contribution is 1.15. The summed E-state index contributed by atoms with van der Waals surface area (Å²) in [5.41, 5.74) is 0. The second-order valence-electron chi connectivity index (χ2n) is 0. The highest BCUT2D eigenvalue weighted by Gasteiger charge is 0.942. The van der Waals surface area contributed by atoms with Crippen molar-refractivity contribution in [3.8, 4) is 0 Å². The zero-order chi connectivity index (χ0) is 12.0. The first-order valence-corrected chi connectivity index (χ1v) is 6.00. The van der Waals surface area contributed by atoms with E-state index in [4.69, 9.17) is 0 Å². The maximum Gasteiger partial charge on any atom is -0.0683 e. The maximum atomic E-state index is 2.00. The van der Waals surface area contributed by atoms with Crippen LogP contribution in [0, 0.1) is 0 Å². The molecule has 3 nitrogen and oxygen atoms in total. The van der Waals surface area contributed by atoms with Crippen molar-refractivity contribution in [2.75, 3.05) is 0 Å². The molecule has 0 saturated carbocycles. The Morgan fingerprint density at radius 3 is 0.167 bits per heavy atom. The van der Waals surface area contributed by atoms with Crippen LogP contribution in [-0.4, -0.2) is 0 Å². The summed E-state index contributed by atoms with van der Waals surface area (Å²) in [6.07, 6.45) is 0. The van der Waals surface area contributed by atoms with Gasteiger partial charge in [0.25, 0.3) is 0 Å². The van der Waals surface area contributed by atoms with E-state index in [9.17, 15) is 0 Å². The van der Waals surface area contributed by atoms with Crippen LogP contribution in [-0.2, 0) is 0 Å². The van der Waals surface area contributed by atoms with Crippen molar-refractivity contribution in [2.45, 2.75) is 150 Å². The largest absolute Gasteiger partial charge is 0.344 e. The molecule has 0 unspecified atom stereocenters. The Hall–Kier alpha value is -0.120. The molecule has 0 atom stereocenters. The topological polar surface area (TPSA) is 105 Å². The molecule has 0 aliphatic heterocycles. The van der Waals surface area contributed by atoms with Gasteiger partial charge < -0.3 is 18.5 Å². The first kappa shape index (κ1) is 362. The zero-order valence-electron chi connectivity index (χ0n) is 14.1. The lowest BCUT2D eigenvalue weighted by molar-refractivity contribution is 1.50. The van der Waals surface area contributed by atoms with Gasteiger partial charge in [0.15, 0.2) is 0 Å². The predicted octanol–water partition coefficient (Wildman–Crippen LogP) is 12.4. The van der Waals surface area contributed by atoms with E-state index < -0.39 is 0 Å². The summed E-state index contributed by atoms with van der Waals surface area (Å²) in [5.74, 6) is 0. The second kappa shape index (κ2) is 761000. The van der Waals surface area contributed by atoms with Crippen molar-refractivity contribution >= 4 is 0 Å². The second-order valence-corrected chi connectivity index (χ2v) is 0.